The highest BCUT2D eigenvalue weighted by Crippen LogP contribution is 2.26. The van der Waals surface area contributed by atoms with Gasteiger partial charge in [0.25, 0.3) is 5.91 Å². The van der Waals surface area contributed by atoms with Gasteiger partial charge in [-0.2, -0.15) is 0 Å². The van der Waals surface area contributed by atoms with Gasteiger partial charge in [0.15, 0.2) is 5.76 Å². The molecule has 6 heteroatoms. The van der Waals surface area contributed by atoms with E-state index >= 15 is 0 Å². The van der Waals surface area contributed by atoms with Crippen LogP contribution in [0.15, 0.2) is 33.2 Å². The van der Waals surface area contributed by atoms with Crippen LogP contribution < -0.4 is 5.32 Å². The van der Waals surface area contributed by atoms with Gasteiger partial charge in [0.2, 0.25) is 5.91 Å². The number of amides is 2. The summed E-state index contributed by atoms with van der Waals surface area (Å²) in [5.41, 5.74) is 0.623. The average Bonchev–Trinajstić information content (AvgIpc) is 2.91. The third kappa shape index (κ3) is 3.44. The van der Waals surface area contributed by atoms with Crippen molar-refractivity contribution in [3.63, 3.8) is 0 Å². The van der Waals surface area contributed by atoms with Gasteiger partial charge in [0.05, 0.1) is 11.0 Å². The molecule has 5 nitrogen and oxygen atoms in total. The van der Waals surface area contributed by atoms with Crippen molar-refractivity contribution in [3.05, 3.63) is 34.5 Å². The Kier molecular flexibility index (Phi) is 5.01. The van der Waals surface area contributed by atoms with Crippen LogP contribution in [0.2, 0.25) is 0 Å². The van der Waals surface area contributed by atoms with Crippen molar-refractivity contribution in [2.75, 3.05) is 19.6 Å². The van der Waals surface area contributed by atoms with Crippen molar-refractivity contribution in [2.24, 2.45) is 0 Å². The molecule has 2 amide bonds. The molecule has 1 aromatic heterocycles. The Hall–Kier alpha value is -1.82. The molecule has 0 aliphatic rings. The van der Waals surface area contributed by atoms with Gasteiger partial charge in [0.1, 0.15) is 5.58 Å². The number of furan rings is 1. The number of likely N-dealkylation sites (N-methyl/N-ethyl adjacent to an activating group) is 1. The molecule has 0 spiro atoms. The van der Waals surface area contributed by atoms with Crippen molar-refractivity contribution in [3.8, 4) is 0 Å². The van der Waals surface area contributed by atoms with E-state index in [2.05, 4.69) is 21.2 Å². The van der Waals surface area contributed by atoms with Gasteiger partial charge < -0.3 is 14.6 Å². The number of fused-ring (bicyclic) bond motifs is 1. The summed E-state index contributed by atoms with van der Waals surface area (Å²) in [5, 5.41) is 3.43. The van der Waals surface area contributed by atoms with Crippen molar-refractivity contribution in [1.29, 1.82) is 0 Å². The molecule has 21 heavy (non-hydrogen) atoms. The number of nitrogens with zero attached hydrogens (tertiary/aromatic N) is 1. The van der Waals surface area contributed by atoms with E-state index < -0.39 is 5.91 Å². The molecule has 0 fully saturated rings. The summed E-state index contributed by atoms with van der Waals surface area (Å²) < 4.78 is 6.31. The standard InChI is InChI=1S/C15H17BrN2O3/c1-3-18(4-2)13(19)9-17-15(20)12-8-10-6-5-7-11(16)14(10)21-12/h5-8H,3-4,9H2,1-2H3,(H,17,20). The van der Waals surface area contributed by atoms with Gasteiger partial charge in [-0.25, -0.2) is 0 Å². The van der Waals surface area contributed by atoms with E-state index in [1.54, 1.807) is 11.0 Å². The summed E-state index contributed by atoms with van der Waals surface area (Å²) in [6, 6.07) is 7.24. The minimum Gasteiger partial charge on any atom is -0.450 e. The van der Waals surface area contributed by atoms with E-state index in [0.29, 0.717) is 18.7 Å². The summed E-state index contributed by atoms with van der Waals surface area (Å²) >= 11 is 3.37. The Balaban J connectivity index is 2.06. The van der Waals surface area contributed by atoms with Gasteiger partial charge >= 0.3 is 0 Å². The molecule has 112 valence electrons. The van der Waals surface area contributed by atoms with Gasteiger partial charge in [0, 0.05) is 18.5 Å². The molecule has 0 atom stereocenters. The van der Waals surface area contributed by atoms with Crippen LogP contribution in [0.25, 0.3) is 11.0 Å². The summed E-state index contributed by atoms with van der Waals surface area (Å²) in [5.74, 6) is -0.298. The van der Waals surface area contributed by atoms with Crippen LogP contribution in [-0.4, -0.2) is 36.3 Å². The Morgan fingerprint density at radius 1 is 1.29 bits per heavy atom. The SMILES string of the molecule is CCN(CC)C(=O)CNC(=O)c1cc2cccc(Br)c2o1. The van der Waals surface area contributed by atoms with E-state index in [1.165, 1.54) is 0 Å². The number of para-hydroxylation sites is 1. The van der Waals surface area contributed by atoms with E-state index in [1.807, 2.05) is 32.0 Å². The lowest BCUT2D eigenvalue weighted by atomic mass is 10.2. The summed E-state index contributed by atoms with van der Waals surface area (Å²) in [7, 11) is 0. The lowest BCUT2D eigenvalue weighted by Gasteiger charge is -2.18. The Morgan fingerprint density at radius 3 is 2.62 bits per heavy atom. The highest BCUT2D eigenvalue weighted by molar-refractivity contribution is 9.10. The monoisotopic (exact) mass is 352 g/mol. The van der Waals surface area contributed by atoms with Gasteiger partial charge in [-0.05, 0) is 41.9 Å². The zero-order chi connectivity index (χ0) is 15.4. The molecule has 0 bridgehead atoms. The summed E-state index contributed by atoms with van der Waals surface area (Å²) in [6.45, 7) is 5.03. The van der Waals surface area contributed by atoms with Crippen LogP contribution in [0.3, 0.4) is 0 Å². The normalized spacial score (nSPS) is 10.6. The molecule has 2 aromatic rings. The van der Waals surface area contributed by atoms with Gasteiger partial charge in [-0.1, -0.05) is 12.1 Å². The van der Waals surface area contributed by atoms with E-state index in [-0.39, 0.29) is 18.2 Å². The lowest BCUT2D eigenvalue weighted by Crippen LogP contribution is -2.39. The maximum Gasteiger partial charge on any atom is 0.287 e. The number of nitrogens with one attached hydrogen (secondary N) is 1. The minimum absolute atomic E-state index is 0.0290. The second-order valence-corrected chi connectivity index (χ2v) is 5.37. The fraction of sp³-hybridized carbons (Fsp3) is 0.333. The van der Waals surface area contributed by atoms with Crippen LogP contribution in [0.1, 0.15) is 24.4 Å². The van der Waals surface area contributed by atoms with Crippen molar-refractivity contribution in [2.45, 2.75) is 13.8 Å². The number of hydrogen-bond donors (Lipinski definition) is 1. The quantitative estimate of drug-likeness (QED) is 0.899. The highest BCUT2D eigenvalue weighted by Gasteiger charge is 2.16. The number of halogens is 1. The topological polar surface area (TPSA) is 62.6 Å². The van der Waals surface area contributed by atoms with Crippen LogP contribution in [-0.2, 0) is 4.79 Å². The molecule has 0 radical (unpaired) electrons. The molecule has 0 aliphatic carbocycles. The van der Waals surface area contributed by atoms with Crippen LogP contribution in [0.4, 0.5) is 0 Å². The average molecular weight is 353 g/mol. The predicted molar refractivity (Wildman–Crippen MR) is 84.2 cm³/mol. The zero-order valence-corrected chi connectivity index (χ0v) is 13.6. The van der Waals surface area contributed by atoms with Crippen LogP contribution >= 0.6 is 15.9 Å². The zero-order valence-electron chi connectivity index (χ0n) is 12.0. The lowest BCUT2D eigenvalue weighted by molar-refractivity contribution is -0.129. The number of hydrogen-bond acceptors (Lipinski definition) is 3. The number of carbonyl (C=O) groups is 2. The van der Waals surface area contributed by atoms with Crippen molar-refractivity contribution < 1.29 is 14.0 Å². The Labute approximate surface area is 131 Å². The second kappa shape index (κ2) is 6.76. The predicted octanol–water partition coefficient (Wildman–Crippen LogP) is 2.79. The molecule has 1 N–H and O–H groups in total. The first kappa shape index (κ1) is 15.6. The maximum atomic E-state index is 12.0. The first-order chi connectivity index (χ1) is 10.1. The van der Waals surface area contributed by atoms with Crippen molar-refractivity contribution >= 4 is 38.7 Å². The number of carbonyl (C=O) groups excluding carboxylic acids is 2. The summed E-state index contributed by atoms with van der Waals surface area (Å²) in [6.07, 6.45) is 0. The molecule has 0 saturated carbocycles. The van der Waals surface area contributed by atoms with Crippen molar-refractivity contribution in [1.82, 2.24) is 10.2 Å². The molecular formula is C15H17BrN2O3. The first-order valence-corrected chi connectivity index (χ1v) is 7.60. The fourth-order valence-electron chi connectivity index (χ4n) is 2.07. The Bertz CT molecular complexity index is 662. The Morgan fingerprint density at radius 2 is 2.00 bits per heavy atom. The number of benzene rings is 1. The molecule has 1 heterocycles. The van der Waals surface area contributed by atoms with E-state index in [4.69, 9.17) is 4.42 Å². The second-order valence-electron chi connectivity index (χ2n) is 4.52. The van der Waals surface area contributed by atoms with Crippen LogP contribution in [0.5, 0.6) is 0 Å². The smallest absolute Gasteiger partial charge is 0.287 e. The van der Waals surface area contributed by atoms with Gasteiger partial charge in [-0.15, -0.1) is 0 Å². The summed E-state index contributed by atoms with van der Waals surface area (Å²) in [4.78, 5) is 25.5. The highest BCUT2D eigenvalue weighted by atomic mass is 79.9. The molecule has 1 aromatic carbocycles. The van der Waals surface area contributed by atoms with Gasteiger partial charge in [-0.3, -0.25) is 9.59 Å². The largest absolute Gasteiger partial charge is 0.450 e. The van der Waals surface area contributed by atoms with E-state index in [9.17, 15) is 9.59 Å². The minimum atomic E-state index is -0.390. The third-order valence-corrected chi connectivity index (χ3v) is 3.86. The number of rotatable bonds is 5. The molecule has 0 unspecified atom stereocenters. The fourth-order valence-corrected chi connectivity index (χ4v) is 2.53. The molecule has 0 saturated heterocycles. The van der Waals surface area contributed by atoms with Crippen LogP contribution in [0, 0.1) is 0 Å². The maximum absolute atomic E-state index is 12.0. The third-order valence-electron chi connectivity index (χ3n) is 3.24. The molecule has 0 aliphatic heterocycles. The van der Waals surface area contributed by atoms with E-state index in [0.717, 1.165) is 9.86 Å². The molecular weight excluding hydrogens is 336 g/mol. The molecule has 2 rings (SSSR count). The first-order valence-electron chi connectivity index (χ1n) is 6.80.